The highest BCUT2D eigenvalue weighted by molar-refractivity contribution is 5.47. The first kappa shape index (κ1) is 18.1. The number of anilines is 1. The highest BCUT2D eigenvalue weighted by Crippen LogP contribution is 2.53. The lowest BCUT2D eigenvalue weighted by Crippen LogP contribution is -2.50. The van der Waals surface area contributed by atoms with Crippen molar-refractivity contribution in [3.05, 3.63) is 54.0 Å². The molecule has 0 radical (unpaired) electrons. The van der Waals surface area contributed by atoms with E-state index in [1.807, 2.05) is 6.20 Å². The minimum absolute atomic E-state index is 0.133. The predicted molar refractivity (Wildman–Crippen MR) is 110 cm³/mol. The second-order valence-electron chi connectivity index (χ2n) is 8.63. The Balaban J connectivity index is 1.44. The van der Waals surface area contributed by atoms with Crippen molar-refractivity contribution in [1.29, 1.82) is 0 Å². The van der Waals surface area contributed by atoms with Gasteiger partial charge in [-0.25, -0.2) is 4.98 Å². The largest absolute Gasteiger partial charge is 0.390 e. The lowest BCUT2D eigenvalue weighted by atomic mass is 9.72. The van der Waals surface area contributed by atoms with Crippen LogP contribution in [0.1, 0.15) is 55.7 Å². The van der Waals surface area contributed by atoms with E-state index in [0.29, 0.717) is 0 Å². The predicted octanol–water partition coefficient (Wildman–Crippen LogP) is 3.31. The average molecular weight is 379 g/mol. The SMILES string of the molecule is O[C@H]1[C@H](N2CCCCCC2)c2ccccc2C12CCN(c1cnccn1)CC2. The Morgan fingerprint density at radius 2 is 1.68 bits per heavy atom. The van der Waals surface area contributed by atoms with Gasteiger partial charge < -0.3 is 10.0 Å². The van der Waals surface area contributed by atoms with Crippen molar-refractivity contribution in [3.63, 3.8) is 0 Å². The first-order valence-corrected chi connectivity index (χ1v) is 10.8. The number of nitrogens with zero attached hydrogens (tertiary/aromatic N) is 4. The highest BCUT2D eigenvalue weighted by Gasteiger charge is 2.54. The minimum Gasteiger partial charge on any atom is -0.390 e. The molecule has 2 fully saturated rings. The first-order chi connectivity index (χ1) is 13.8. The number of piperidine rings is 1. The van der Waals surface area contributed by atoms with Crippen molar-refractivity contribution in [2.75, 3.05) is 31.1 Å². The van der Waals surface area contributed by atoms with E-state index >= 15 is 0 Å². The van der Waals surface area contributed by atoms with Gasteiger partial charge in [-0.2, -0.15) is 0 Å². The maximum atomic E-state index is 11.7. The molecule has 3 aliphatic rings. The van der Waals surface area contributed by atoms with Gasteiger partial charge >= 0.3 is 0 Å². The summed E-state index contributed by atoms with van der Waals surface area (Å²) < 4.78 is 0. The molecule has 5 nitrogen and oxygen atoms in total. The molecule has 28 heavy (non-hydrogen) atoms. The zero-order valence-corrected chi connectivity index (χ0v) is 16.5. The number of hydrogen-bond acceptors (Lipinski definition) is 5. The molecule has 1 N–H and O–H groups in total. The van der Waals surface area contributed by atoms with Gasteiger partial charge in [-0.1, -0.05) is 37.1 Å². The van der Waals surface area contributed by atoms with Gasteiger partial charge in [0.15, 0.2) is 0 Å². The lowest BCUT2D eigenvalue weighted by Gasteiger charge is -2.44. The zero-order chi connectivity index (χ0) is 19.0. The van der Waals surface area contributed by atoms with Gasteiger partial charge in [0.05, 0.1) is 18.3 Å². The maximum Gasteiger partial charge on any atom is 0.147 e. The van der Waals surface area contributed by atoms with Crippen molar-refractivity contribution in [1.82, 2.24) is 14.9 Å². The van der Waals surface area contributed by atoms with E-state index in [1.165, 1.54) is 36.8 Å². The molecule has 1 aromatic carbocycles. The number of fused-ring (bicyclic) bond motifs is 2. The standard InChI is InChI=1S/C23H30N4O/c28-22-21(27-13-5-1-2-6-14-27)18-7-3-4-8-19(18)23(22)9-15-26(16-10-23)20-17-24-11-12-25-20/h3-4,7-8,11-12,17,21-22,28H,1-2,5-6,9-10,13-16H2/t21-,22+/m1/s1. The Labute approximate surface area is 167 Å². The van der Waals surface area contributed by atoms with Gasteiger partial charge in [0, 0.05) is 30.9 Å². The highest BCUT2D eigenvalue weighted by atomic mass is 16.3. The summed E-state index contributed by atoms with van der Waals surface area (Å²) in [6, 6.07) is 8.97. The van der Waals surface area contributed by atoms with E-state index in [1.54, 1.807) is 12.4 Å². The fraction of sp³-hybridized carbons (Fsp3) is 0.565. The molecule has 2 aliphatic heterocycles. The summed E-state index contributed by atoms with van der Waals surface area (Å²) in [7, 11) is 0. The Bertz CT molecular complexity index is 795. The molecule has 2 atom stereocenters. The van der Waals surface area contributed by atoms with Crippen LogP contribution < -0.4 is 4.90 Å². The summed E-state index contributed by atoms with van der Waals surface area (Å²) >= 11 is 0. The Morgan fingerprint density at radius 3 is 2.39 bits per heavy atom. The van der Waals surface area contributed by atoms with Crippen LogP contribution in [0.2, 0.25) is 0 Å². The fourth-order valence-corrected chi connectivity index (χ4v) is 5.76. The third-order valence-electron chi connectivity index (χ3n) is 7.24. The number of rotatable bonds is 2. The van der Waals surface area contributed by atoms with E-state index in [4.69, 9.17) is 0 Å². The number of hydrogen-bond donors (Lipinski definition) is 1. The van der Waals surface area contributed by atoms with Gasteiger partial charge in [-0.05, 0) is 49.9 Å². The topological polar surface area (TPSA) is 52.5 Å². The summed E-state index contributed by atoms with van der Waals surface area (Å²) in [4.78, 5) is 13.6. The van der Waals surface area contributed by atoms with E-state index in [-0.39, 0.29) is 17.6 Å². The normalized spacial score (nSPS) is 27.5. The molecular formula is C23H30N4O. The van der Waals surface area contributed by atoms with Crippen LogP contribution in [0, 0.1) is 0 Å². The molecule has 0 saturated carbocycles. The van der Waals surface area contributed by atoms with Crippen molar-refractivity contribution >= 4 is 5.82 Å². The van der Waals surface area contributed by atoms with Gasteiger partial charge in [-0.15, -0.1) is 0 Å². The van der Waals surface area contributed by atoms with Gasteiger partial charge in [0.25, 0.3) is 0 Å². The number of likely N-dealkylation sites (tertiary alicyclic amines) is 1. The van der Waals surface area contributed by atoms with Crippen LogP contribution in [-0.2, 0) is 5.41 Å². The van der Waals surface area contributed by atoms with Gasteiger partial charge in [-0.3, -0.25) is 9.88 Å². The van der Waals surface area contributed by atoms with Crippen molar-refractivity contribution < 1.29 is 5.11 Å². The summed E-state index contributed by atoms with van der Waals surface area (Å²) in [5.74, 6) is 0.946. The van der Waals surface area contributed by atoms with Gasteiger partial charge in [0.2, 0.25) is 0 Å². The molecule has 3 heterocycles. The first-order valence-electron chi connectivity index (χ1n) is 10.8. The molecule has 148 valence electrons. The molecule has 2 aromatic rings. The van der Waals surface area contributed by atoms with Crippen molar-refractivity contribution in [3.8, 4) is 0 Å². The molecule has 0 unspecified atom stereocenters. The summed E-state index contributed by atoms with van der Waals surface area (Å²) in [6.07, 6.45) is 12.1. The van der Waals surface area contributed by atoms with Crippen LogP contribution >= 0.6 is 0 Å². The molecule has 0 amide bonds. The van der Waals surface area contributed by atoms with Crippen molar-refractivity contribution in [2.24, 2.45) is 0 Å². The molecule has 1 aliphatic carbocycles. The second kappa shape index (κ2) is 7.45. The maximum absolute atomic E-state index is 11.7. The number of aliphatic hydroxyl groups is 1. The number of aliphatic hydroxyl groups excluding tert-OH is 1. The van der Waals surface area contributed by atoms with Crippen LogP contribution in [0.25, 0.3) is 0 Å². The molecular weight excluding hydrogens is 348 g/mol. The molecule has 5 heteroatoms. The van der Waals surface area contributed by atoms with Crippen LogP contribution in [0.3, 0.4) is 0 Å². The van der Waals surface area contributed by atoms with Crippen LogP contribution in [0.4, 0.5) is 5.82 Å². The summed E-state index contributed by atoms with van der Waals surface area (Å²) in [5, 5.41) is 11.7. The third-order valence-corrected chi connectivity index (χ3v) is 7.24. The average Bonchev–Trinajstić information content (AvgIpc) is 2.93. The quantitative estimate of drug-likeness (QED) is 0.869. The van der Waals surface area contributed by atoms with Crippen LogP contribution in [-0.4, -0.2) is 52.3 Å². The van der Waals surface area contributed by atoms with Gasteiger partial charge in [0.1, 0.15) is 5.82 Å². The Morgan fingerprint density at radius 1 is 0.929 bits per heavy atom. The minimum atomic E-state index is -0.327. The lowest BCUT2D eigenvalue weighted by molar-refractivity contribution is 0.00127. The van der Waals surface area contributed by atoms with E-state index in [0.717, 1.165) is 44.8 Å². The smallest absolute Gasteiger partial charge is 0.147 e. The Kier molecular flexibility index (Phi) is 4.81. The molecule has 1 spiro atoms. The van der Waals surface area contributed by atoms with E-state index in [2.05, 4.69) is 44.0 Å². The molecule has 0 bridgehead atoms. The fourth-order valence-electron chi connectivity index (χ4n) is 5.76. The molecule has 2 saturated heterocycles. The zero-order valence-electron chi connectivity index (χ0n) is 16.5. The van der Waals surface area contributed by atoms with Crippen LogP contribution in [0.15, 0.2) is 42.9 Å². The summed E-state index contributed by atoms with van der Waals surface area (Å²) in [6.45, 7) is 4.04. The third kappa shape index (κ3) is 2.92. The van der Waals surface area contributed by atoms with Crippen LogP contribution in [0.5, 0.6) is 0 Å². The van der Waals surface area contributed by atoms with E-state index in [9.17, 15) is 5.11 Å². The number of aromatic nitrogens is 2. The number of benzene rings is 1. The molecule has 5 rings (SSSR count). The summed E-state index contributed by atoms with van der Waals surface area (Å²) in [5.41, 5.74) is 2.62. The monoisotopic (exact) mass is 378 g/mol. The molecule has 1 aromatic heterocycles. The Hall–Kier alpha value is -1.98. The van der Waals surface area contributed by atoms with Crippen molar-refractivity contribution in [2.45, 2.75) is 56.1 Å². The second-order valence-corrected chi connectivity index (χ2v) is 8.63. The van der Waals surface area contributed by atoms with E-state index < -0.39 is 0 Å².